The molecule has 2 rings (SSSR count). The van der Waals surface area contributed by atoms with E-state index in [0.717, 1.165) is 25.8 Å². The molecular weight excluding hydrogens is 258 g/mol. The van der Waals surface area contributed by atoms with Crippen LogP contribution in [0.4, 0.5) is 0 Å². The van der Waals surface area contributed by atoms with E-state index in [9.17, 15) is 14.7 Å². The molecule has 0 saturated carbocycles. The Balaban J connectivity index is 2.00. The largest absolute Gasteiger partial charge is 0.480 e. The Kier molecular flexibility index (Phi) is 4.99. The van der Waals surface area contributed by atoms with Gasteiger partial charge in [-0.3, -0.25) is 14.5 Å². The highest BCUT2D eigenvalue weighted by molar-refractivity contribution is 5.81. The van der Waals surface area contributed by atoms with Crippen molar-refractivity contribution in [2.24, 2.45) is 0 Å². The second-order valence-corrected chi connectivity index (χ2v) is 5.96. The molecule has 0 bridgehead atoms. The lowest BCUT2D eigenvalue weighted by Gasteiger charge is -2.41. The number of rotatable bonds is 3. The van der Waals surface area contributed by atoms with E-state index in [4.69, 9.17) is 0 Å². The van der Waals surface area contributed by atoms with Crippen LogP contribution >= 0.6 is 0 Å². The lowest BCUT2D eigenvalue weighted by Crippen LogP contribution is -2.59. The average Bonchev–Trinajstić information content (AvgIpc) is 2.38. The normalized spacial score (nSPS) is 32.1. The van der Waals surface area contributed by atoms with E-state index in [-0.39, 0.29) is 24.5 Å². The van der Waals surface area contributed by atoms with Gasteiger partial charge >= 0.3 is 5.97 Å². The van der Waals surface area contributed by atoms with Gasteiger partial charge < -0.3 is 15.3 Å². The minimum Gasteiger partial charge on any atom is -0.480 e. The van der Waals surface area contributed by atoms with E-state index >= 15 is 0 Å². The highest BCUT2D eigenvalue weighted by atomic mass is 16.4. The molecule has 1 amide bonds. The topological polar surface area (TPSA) is 72.9 Å². The van der Waals surface area contributed by atoms with Gasteiger partial charge in [-0.2, -0.15) is 0 Å². The summed E-state index contributed by atoms with van der Waals surface area (Å²) in [4.78, 5) is 27.5. The third-order valence-electron chi connectivity index (χ3n) is 4.46. The number of aliphatic carboxylic acids is 1. The first-order valence-corrected chi connectivity index (χ1v) is 7.49. The van der Waals surface area contributed by atoms with Crippen molar-refractivity contribution in [2.45, 2.75) is 51.2 Å². The first kappa shape index (κ1) is 15.3. The van der Waals surface area contributed by atoms with Gasteiger partial charge in [-0.25, -0.2) is 0 Å². The molecule has 2 N–H and O–H groups in total. The molecule has 0 aromatic carbocycles. The van der Waals surface area contributed by atoms with Gasteiger partial charge in [0.05, 0.1) is 6.54 Å². The summed E-state index contributed by atoms with van der Waals surface area (Å²) in [5.41, 5.74) is 0. The Hall–Kier alpha value is -1.14. The van der Waals surface area contributed by atoms with Gasteiger partial charge in [-0.05, 0) is 33.1 Å². The van der Waals surface area contributed by atoms with Crippen LogP contribution in [0, 0.1) is 0 Å². The smallest absolute Gasteiger partial charge is 0.322 e. The summed E-state index contributed by atoms with van der Waals surface area (Å²) in [5.74, 6) is -0.789. The van der Waals surface area contributed by atoms with Crippen LogP contribution in [0.5, 0.6) is 0 Å². The Morgan fingerprint density at radius 3 is 2.50 bits per heavy atom. The van der Waals surface area contributed by atoms with E-state index in [1.165, 1.54) is 0 Å². The maximum Gasteiger partial charge on any atom is 0.322 e. The molecule has 0 spiro atoms. The third-order valence-corrected chi connectivity index (χ3v) is 4.46. The summed E-state index contributed by atoms with van der Waals surface area (Å²) in [6, 6.07) is -0.0713. The number of piperidine rings is 1. The number of likely N-dealkylation sites (tertiary alicyclic amines) is 1. The number of carboxylic acids is 1. The van der Waals surface area contributed by atoms with Gasteiger partial charge in [0, 0.05) is 31.7 Å². The Bertz CT molecular complexity index is 365. The molecule has 2 fully saturated rings. The number of hydrogen-bond donors (Lipinski definition) is 2. The standard InChI is InChI=1S/C14H25N3O3/c1-10-4-3-5-11(2)17(10)13(18)9-16-7-6-15-8-12(16)14(19)20/h10-12,15H,3-9H2,1-2H3,(H,19,20). The fraction of sp³-hybridized carbons (Fsp3) is 0.857. The molecule has 3 unspecified atom stereocenters. The number of carbonyl (C=O) groups excluding carboxylic acids is 1. The Morgan fingerprint density at radius 1 is 1.25 bits per heavy atom. The molecule has 0 radical (unpaired) electrons. The Morgan fingerprint density at radius 2 is 1.90 bits per heavy atom. The van der Waals surface area contributed by atoms with Gasteiger partial charge in [-0.1, -0.05) is 0 Å². The van der Waals surface area contributed by atoms with Crippen molar-refractivity contribution < 1.29 is 14.7 Å². The van der Waals surface area contributed by atoms with Crippen molar-refractivity contribution in [2.75, 3.05) is 26.2 Å². The maximum absolute atomic E-state index is 12.5. The van der Waals surface area contributed by atoms with Gasteiger partial charge in [-0.15, -0.1) is 0 Å². The molecule has 3 atom stereocenters. The molecule has 2 aliphatic rings. The predicted octanol–water partition coefficient (Wildman–Crippen LogP) is 0.134. The number of carboxylic acid groups (broad SMARTS) is 1. The number of carbonyl (C=O) groups is 2. The van der Waals surface area contributed by atoms with Crippen molar-refractivity contribution in [1.82, 2.24) is 15.1 Å². The van der Waals surface area contributed by atoms with Crippen LogP contribution in [0.1, 0.15) is 33.1 Å². The maximum atomic E-state index is 12.5. The number of hydrogen-bond acceptors (Lipinski definition) is 4. The molecule has 114 valence electrons. The van der Waals surface area contributed by atoms with Crippen molar-refractivity contribution in [1.29, 1.82) is 0 Å². The average molecular weight is 283 g/mol. The van der Waals surface area contributed by atoms with Crippen LogP contribution in [-0.2, 0) is 9.59 Å². The van der Waals surface area contributed by atoms with Crippen molar-refractivity contribution in [3.63, 3.8) is 0 Å². The molecule has 0 aliphatic carbocycles. The number of nitrogens with one attached hydrogen (secondary N) is 1. The van der Waals surface area contributed by atoms with Crippen molar-refractivity contribution in [3.05, 3.63) is 0 Å². The minimum atomic E-state index is -0.857. The zero-order valence-electron chi connectivity index (χ0n) is 12.3. The van der Waals surface area contributed by atoms with Crippen molar-refractivity contribution >= 4 is 11.9 Å². The summed E-state index contributed by atoms with van der Waals surface area (Å²) >= 11 is 0. The van der Waals surface area contributed by atoms with Gasteiger partial charge in [0.2, 0.25) is 5.91 Å². The summed E-state index contributed by atoms with van der Waals surface area (Å²) in [7, 11) is 0. The molecule has 0 aromatic heterocycles. The molecule has 2 heterocycles. The van der Waals surface area contributed by atoms with Crippen LogP contribution in [0.3, 0.4) is 0 Å². The monoisotopic (exact) mass is 283 g/mol. The fourth-order valence-corrected chi connectivity index (χ4v) is 3.35. The zero-order chi connectivity index (χ0) is 14.7. The summed E-state index contributed by atoms with van der Waals surface area (Å²) < 4.78 is 0. The van der Waals surface area contributed by atoms with E-state index in [0.29, 0.717) is 13.1 Å². The van der Waals surface area contributed by atoms with Crippen LogP contribution in [-0.4, -0.2) is 71.1 Å². The minimum absolute atomic E-state index is 0.0675. The van der Waals surface area contributed by atoms with Gasteiger partial charge in [0.25, 0.3) is 0 Å². The molecule has 20 heavy (non-hydrogen) atoms. The van der Waals surface area contributed by atoms with Crippen LogP contribution < -0.4 is 5.32 Å². The summed E-state index contributed by atoms with van der Waals surface area (Å²) in [6.07, 6.45) is 3.25. The number of piperazine rings is 1. The first-order valence-electron chi connectivity index (χ1n) is 7.49. The van der Waals surface area contributed by atoms with Gasteiger partial charge in [0.1, 0.15) is 6.04 Å². The van der Waals surface area contributed by atoms with Crippen molar-refractivity contribution in [3.8, 4) is 0 Å². The summed E-state index contributed by atoms with van der Waals surface area (Å²) in [5, 5.41) is 12.3. The molecular formula is C14H25N3O3. The predicted molar refractivity (Wildman–Crippen MR) is 75.5 cm³/mol. The fourth-order valence-electron chi connectivity index (χ4n) is 3.35. The van der Waals surface area contributed by atoms with Crippen LogP contribution in [0.25, 0.3) is 0 Å². The Labute approximate surface area is 120 Å². The van der Waals surface area contributed by atoms with E-state index in [2.05, 4.69) is 19.2 Å². The highest BCUT2D eigenvalue weighted by Gasteiger charge is 2.34. The number of amides is 1. The second kappa shape index (κ2) is 6.54. The molecule has 6 nitrogen and oxygen atoms in total. The third kappa shape index (κ3) is 3.30. The van der Waals surface area contributed by atoms with Crippen LogP contribution in [0.15, 0.2) is 0 Å². The second-order valence-electron chi connectivity index (χ2n) is 5.96. The van der Waals surface area contributed by atoms with Gasteiger partial charge in [0.15, 0.2) is 0 Å². The molecule has 6 heteroatoms. The van der Waals surface area contributed by atoms with Crippen LogP contribution in [0.2, 0.25) is 0 Å². The summed E-state index contributed by atoms with van der Waals surface area (Å²) in [6.45, 7) is 6.14. The SMILES string of the molecule is CC1CCCC(C)N1C(=O)CN1CCNCC1C(=O)O. The van der Waals surface area contributed by atoms with E-state index in [1.807, 2.05) is 4.90 Å². The number of nitrogens with zero attached hydrogens (tertiary/aromatic N) is 2. The molecule has 2 saturated heterocycles. The lowest BCUT2D eigenvalue weighted by atomic mass is 9.97. The molecule has 2 aliphatic heterocycles. The lowest BCUT2D eigenvalue weighted by molar-refractivity contribution is -0.147. The van der Waals surface area contributed by atoms with E-state index in [1.54, 1.807) is 4.90 Å². The first-order chi connectivity index (χ1) is 9.50. The van der Waals surface area contributed by atoms with E-state index < -0.39 is 12.0 Å². The molecule has 0 aromatic rings. The quantitative estimate of drug-likeness (QED) is 0.770. The highest BCUT2D eigenvalue weighted by Crippen LogP contribution is 2.23. The zero-order valence-corrected chi connectivity index (χ0v) is 12.3.